The molecule has 174 valence electrons. The molecule has 5 rings (SSSR count). The maximum atomic E-state index is 13.1. The van der Waals surface area contributed by atoms with Crippen molar-refractivity contribution in [3.63, 3.8) is 0 Å². The van der Waals surface area contributed by atoms with Gasteiger partial charge in [-0.2, -0.15) is 10.2 Å². The lowest BCUT2D eigenvalue weighted by Gasteiger charge is -2.09. The van der Waals surface area contributed by atoms with Gasteiger partial charge in [-0.25, -0.2) is 14.2 Å². The molecular weight excluding hydrogens is 440 g/mol. The predicted octanol–water partition coefficient (Wildman–Crippen LogP) is 4.76. The van der Waals surface area contributed by atoms with E-state index >= 15 is 0 Å². The van der Waals surface area contributed by atoms with Crippen LogP contribution < -0.4 is 5.56 Å². The second-order valence-corrected chi connectivity index (χ2v) is 8.48. The summed E-state index contributed by atoms with van der Waals surface area (Å²) in [4.78, 5) is 25.5. The molecule has 7 nitrogen and oxygen atoms in total. The number of carbonyl (C=O) groups is 1. The molecule has 0 fully saturated rings. The van der Waals surface area contributed by atoms with E-state index in [2.05, 4.69) is 31.1 Å². The first-order valence-electron chi connectivity index (χ1n) is 11.3. The molecular formula is C28H24N4O3. The van der Waals surface area contributed by atoms with Crippen LogP contribution in [-0.4, -0.2) is 25.5 Å². The Balaban J connectivity index is 1.52. The van der Waals surface area contributed by atoms with Gasteiger partial charge in [-0.05, 0) is 49.2 Å². The van der Waals surface area contributed by atoms with Gasteiger partial charge >= 0.3 is 5.97 Å². The summed E-state index contributed by atoms with van der Waals surface area (Å²) >= 11 is 0. The zero-order valence-electron chi connectivity index (χ0n) is 19.7. The molecule has 0 bridgehead atoms. The Morgan fingerprint density at radius 3 is 2.34 bits per heavy atom. The summed E-state index contributed by atoms with van der Waals surface area (Å²) in [6.07, 6.45) is 1.87. The zero-order chi connectivity index (χ0) is 24.5. The Bertz CT molecular complexity index is 1620. The molecule has 0 spiro atoms. The van der Waals surface area contributed by atoms with Gasteiger partial charge in [-0.15, -0.1) is 0 Å². The maximum Gasteiger partial charge on any atom is 0.359 e. The standard InChI is InChI=1S/C28H24N4O3/c1-18-13-14-20(15-19(18)2)25-21(16-32(30-25)22-9-5-4-6-10-22)17-35-28(34)26-23-11-7-8-12-24(23)27(33)31(3)29-26/h4-16H,17H2,1-3H3. The maximum absolute atomic E-state index is 13.1. The Morgan fingerprint density at radius 2 is 1.60 bits per heavy atom. The first-order chi connectivity index (χ1) is 16.9. The third-order valence-electron chi connectivity index (χ3n) is 6.10. The van der Waals surface area contributed by atoms with E-state index in [4.69, 9.17) is 9.84 Å². The number of para-hydroxylation sites is 1. The number of carbonyl (C=O) groups excluding carboxylic acids is 1. The van der Waals surface area contributed by atoms with Crippen LogP contribution in [0.25, 0.3) is 27.7 Å². The van der Waals surface area contributed by atoms with E-state index in [0.29, 0.717) is 10.8 Å². The van der Waals surface area contributed by atoms with Gasteiger partial charge in [0.15, 0.2) is 5.69 Å². The molecule has 0 radical (unpaired) electrons. The van der Waals surface area contributed by atoms with Crippen molar-refractivity contribution in [2.45, 2.75) is 20.5 Å². The summed E-state index contributed by atoms with van der Waals surface area (Å²) in [6.45, 7) is 4.13. The summed E-state index contributed by atoms with van der Waals surface area (Å²) < 4.78 is 8.66. The van der Waals surface area contributed by atoms with E-state index in [9.17, 15) is 9.59 Å². The van der Waals surface area contributed by atoms with Gasteiger partial charge in [0.1, 0.15) is 6.61 Å². The van der Waals surface area contributed by atoms with Crippen LogP contribution in [0.2, 0.25) is 0 Å². The first kappa shape index (κ1) is 22.3. The molecule has 0 aliphatic rings. The topological polar surface area (TPSA) is 79.0 Å². The lowest BCUT2D eigenvalue weighted by molar-refractivity contribution is 0.0466. The molecule has 0 aliphatic carbocycles. The highest BCUT2D eigenvalue weighted by atomic mass is 16.5. The lowest BCUT2D eigenvalue weighted by Crippen LogP contribution is -2.23. The van der Waals surface area contributed by atoms with Crippen molar-refractivity contribution >= 4 is 16.7 Å². The number of hydrogen-bond acceptors (Lipinski definition) is 5. The van der Waals surface area contributed by atoms with E-state index < -0.39 is 5.97 Å². The smallest absolute Gasteiger partial charge is 0.359 e. The number of ether oxygens (including phenoxy) is 1. The number of rotatable bonds is 5. The summed E-state index contributed by atoms with van der Waals surface area (Å²) in [5.74, 6) is -0.602. The molecule has 0 amide bonds. The quantitative estimate of drug-likeness (QED) is 0.351. The van der Waals surface area contributed by atoms with Gasteiger partial charge in [-0.1, -0.05) is 48.5 Å². The van der Waals surface area contributed by atoms with Gasteiger partial charge in [-0.3, -0.25) is 4.79 Å². The van der Waals surface area contributed by atoms with E-state index in [1.807, 2.05) is 42.6 Å². The zero-order valence-corrected chi connectivity index (χ0v) is 19.7. The average Bonchev–Trinajstić information content (AvgIpc) is 3.31. The fourth-order valence-corrected chi connectivity index (χ4v) is 4.02. The molecule has 0 aliphatic heterocycles. The van der Waals surface area contributed by atoms with Crippen molar-refractivity contribution in [2.75, 3.05) is 0 Å². The second-order valence-electron chi connectivity index (χ2n) is 8.48. The van der Waals surface area contributed by atoms with Gasteiger partial charge in [0, 0.05) is 29.8 Å². The molecule has 0 atom stereocenters. The Labute approximate surface area is 202 Å². The van der Waals surface area contributed by atoms with Crippen LogP contribution in [0, 0.1) is 13.8 Å². The van der Waals surface area contributed by atoms with Crippen molar-refractivity contribution in [2.24, 2.45) is 7.05 Å². The lowest BCUT2D eigenvalue weighted by atomic mass is 10.0. The monoisotopic (exact) mass is 464 g/mol. The Hall–Kier alpha value is -4.52. The van der Waals surface area contributed by atoms with Crippen LogP contribution in [0.1, 0.15) is 27.2 Å². The number of nitrogens with zero attached hydrogens (tertiary/aromatic N) is 4. The number of hydrogen-bond donors (Lipinski definition) is 0. The molecule has 0 unspecified atom stereocenters. The van der Waals surface area contributed by atoms with Crippen molar-refractivity contribution in [1.29, 1.82) is 0 Å². The molecule has 0 saturated carbocycles. The van der Waals surface area contributed by atoms with E-state index in [-0.39, 0.29) is 17.9 Å². The summed E-state index contributed by atoms with van der Waals surface area (Å²) in [5, 5.41) is 9.88. The second kappa shape index (κ2) is 9.02. The van der Waals surface area contributed by atoms with Crippen LogP contribution in [0.15, 0.2) is 83.8 Å². The Kier molecular flexibility index (Phi) is 5.74. The molecule has 5 aromatic rings. The number of benzene rings is 3. The van der Waals surface area contributed by atoms with Crippen LogP contribution >= 0.6 is 0 Å². The van der Waals surface area contributed by atoms with Gasteiger partial charge in [0.05, 0.1) is 16.8 Å². The summed E-state index contributed by atoms with van der Waals surface area (Å²) in [6, 6.07) is 22.8. The molecule has 2 aromatic heterocycles. The van der Waals surface area contributed by atoms with E-state index in [1.54, 1.807) is 28.9 Å². The predicted molar refractivity (Wildman–Crippen MR) is 135 cm³/mol. The minimum absolute atomic E-state index is 0.00672. The average molecular weight is 465 g/mol. The largest absolute Gasteiger partial charge is 0.456 e. The molecule has 35 heavy (non-hydrogen) atoms. The normalized spacial score (nSPS) is 11.1. The molecule has 2 heterocycles. The number of aryl methyl sites for hydroxylation is 3. The molecule has 0 saturated heterocycles. The minimum Gasteiger partial charge on any atom is -0.456 e. The Morgan fingerprint density at radius 1 is 0.886 bits per heavy atom. The minimum atomic E-state index is -0.602. The van der Waals surface area contributed by atoms with Crippen molar-refractivity contribution < 1.29 is 9.53 Å². The number of aromatic nitrogens is 4. The third kappa shape index (κ3) is 4.24. The molecule has 7 heteroatoms. The van der Waals surface area contributed by atoms with Crippen molar-refractivity contribution in [1.82, 2.24) is 19.6 Å². The third-order valence-corrected chi connectivity index (χ3v) is 6.10. The summed E-state index contributed by atoms with van der Waals surface area (Å²) in [5.41, 5.74) is 5.53. The SMILES string of the molecule is Cc1ccc(-c2nn(-c3ccccc3)cc2COC(=O)c2nn(C)c(=O)c3ccccc23)cc1C. The number of fused-ring (bicyclic) bond motifs is 1. The first-order valence-corrected chi connectivity index (χ1v) is 11.3. The fraction of sp³-hybridized carbons (Fsp3) is 0.143. The van der Waals surface area contributed by atoms with Gasteiger partial charge in [0.2, 0.25) is 0 Å². The van der Waals surface area contributed by atoms with Crippen LogP contribution in [-0.2, 0) is 18.4 Å². The fourth-order valence-electron chi connectivity index (χ4n) is 4.02. The van der Waals surface area contributed by atoms with Crippen LogP contribution in [0.3, 0.4) is 0 Å². The van der Waals surface area contributed by atoms with E-state index in [0.717, 1.165) is 32.8 Å². The van der Waals surface area contributed by atoms with Crippen LogP contribution in [0.5, 0.6) is 0 Å². The van der Waals surface area contributed by atoms with Crippen LogP contribution in [0.4, 0.5) is 0 Å². The van der Waals surface area contributed by atoms with Crippen molar-refractivity contribution in [3.8, 4) is 16.9 Å². The molecule has 0 N–H and O–H groups in total. The molecule has 3 aromatic carbocycles. The van der Waals surface area contributed by atoms with E-state index in [1.165, 1.54) is 12.6 Å². The highest BCUT2D eigenvalue weighted by Crippen LogP contribution is 2.27. The summed E-state index contributed by atoms with van der Waals surface area (Å²) in [7, 11) is 1.52. The van der Waals surface area contributed by atoms with Gasteiger partial charge in [0.25, 0.3) is 5.56 Å². The van der Waals surface area contributed by atoms with Gasteiger partial charge < -0.3 is 4.74 Å². The van der Waals surface area contributed by atoms with Crippen molar-refractivity contribution in [3.05, 3.63) is 112 Å². The number of esters is 1. The highest BCUT2D eigenvalue weighted by molar-refractivity contribution is 6.02. The highest BCUT2D eigenvalue weighted by Gasteiger charge is 2.19.